The fraction of sp³-hybridized carbons (Fsp3) is 0.348. The number of esters is 1. The summed E-state index contributed by atoms with van der Waals surface area (Å²) in [5, 5.41) is 5.37. The zero-order valence-corrected chi connectivity index (χ0v) is 19.0. The van der Waals surface area contributed by atoms with Crippen LogP contribution in [0.1, 0.15) is 48.7 Å². The lowest BCUT2D eigenvalue weighted by molar-refractivity contribution is -0.136. The van der Waals surface area contributed by atoms with Crippen LogP contribution in [0.5, 0.6) is 0 Å². The van der Waals surface area contributed by atoms with Gasteiger partial charge >= 0.3 is 5.97 Å². The van der Waals surface area contributed by atoms with Crippen molar-refractivity contribution in [3.63, 3.8) is 0 Å². The highest BCUT2D eigenvalue weighted by Crippen LogP contribution is 2.40. The van der Waals surface area contributed by atoms with Crippen molar-refractivity contribution in [1.82, 2.24) is 10.3 Å². The molecule has 0 fully saturated rings. The van der Waals surface area contributed by atoms with E-state index >= 15 is 0 Å². The highest BCUT2D eigenvalue weighted by atomic mass is 35.5. The number of aliphatic imine (C=N–C) groups is 1. The van der Waals surface area contributed by atoms with Crippen molar-refractivity contribution >= 4 is 34.7 Å². The third-order valence-electron chi connectivity index (χ3n) is 5.65. The monoisotopic (exact) mass is 477 g/mol. The van der Waals surface area contributed by atoms with Gasteiger partial charge in [-0.05, 0) is 44.1 Å². The molecule has 5 nitrogen and oxygen atoms in total. The van der Waals surface area contributed by atoms with Gasteiger partial charge in [-0.3, -0.25) is 4.99 Å². The number of carbonyl (C=O) groups is 1. The summed E-state index contributed by atoms with van der Waals surface area (Å²) < 4.78 is 33.2. The Bertz CT molecular complexity index is 1100. The maximum Gasteiger partial charge on any atom is 0.338 e. The Balaban J connectivity index is 1.90. The lowest BCUT2D eigenvalue weighted by Crippen LogP contribution is -2.37. The number of hydrogen-bond donors (Lipinski definition) is 1. The van der Waals surface area contributed by atoms with Crippen molar-refractivity contribution < 1.29 is 18.3 Å². The Morgan fingerprint density at radius 3 is 2.81 bits per heavy atom. The van der Waals surface area contributed by atoms with Gasteiger partial charge in [0.05, 0.1) is 17.7 Å². The Morgan fingerprint density at radius 1 is 1.25 bits per heavy atom. The van der Waals surface area contributed by atoms with E-state index in [1.807, 2.05) is 5.38 Å². The second-order valence-electron chi connectivity index (χ2n) is 7.60. The van der Waals surface area contributed by atoms with E-state index in [-0.39, 0.29) is 17.1 Å². The maximum atomic E-state index is 14.4. The molecule has 0 spiro atoms. The Kier molecular flexibility index (Phi) is 7.01. The van der Waals surface area contributed by atoms with E-state index in [0.29, 0.717) is 16.5 Å². The van der Waals surface area contributed by atoms with E-state index in [9.17, 15) is 13.6 Å². The van der Waals surface area contributed by atoms with Gasteiger partial charge in [0.1, 0.15) is 6.04 Å². The first-order chi connectivity index (χ1) is 15.5. The van der Waals surface area contributed by atoms with Gasteiger partial charge in [0.25, 0.3) is 0 Å². The minimum absolute atomic E-state index is 0.0334. The fourth-order valence-corrected chi connectivity index (χ4v) is 4.94. The number of nitrogens with zero attached hydrogens (tertiary/aromatic N) is 2. The Morgan fingerprint density at radius 2 is 2.06 bits per heavy atom. The first-order valence-electron chi connectivity index (χ1n) is 10.4. The molecule has 2 heterocycles. The summed E-state index contributed by atoms with van der Waals surface area (Å²) in [6.45, 7) is 0. The Hall–Kier alpha value is -2.58. The summed E-state index contributed by atoms with van der Waals surface area (Å²) in [6.07, 6.45) is 10.4. The summed E-state index contributed by atoms with van der Waals surface area (Å²) in [7, 11) is 1.29. The van der Waals surface area contributed by atoms with Crippen LogP contribution in [0.3, 0.4) is 0 Å². The van der Waals surface area contributed by atoms with Gasteiger partial charge in [0.15, 0.2) is 22.5 Å². The largest absolute Gasteiger partial charge is 0.466 e. The lowest BCUT2D eigenvalue weighted by atomic mass is 9.85. The molecule has 0 bridgehead atoms. The molecule has 9 heteroatoms. The van der Waals surface area contributed by atoms with Crippen LogP contribution in [0.2, 0.25) is 5.02 Å². The fourth-order valence-electron chi connectivity index (χ4n) is 4.10. The smallest absolute Gasteiger partial charge is 0.338 e. The van der Waals surface area contributed by atoms with Crippen LogP contribution in [0.15, 0.2) is 52.1 Å². The molecule has 2 aromatic rings. The third-order valence-corrected chi connectivity index (χ3v) is 6.82. The van der Waals surface area contributed by atoms with Gasteiger partial charge in [0.2, 0.25) is 0 Å². The lowest BCUT2D eigenvalue weighted by Gasteiger charge is -2.32. The van der Waals surface area contributed by atoms with Crippen molar-refractivity contribution in [2.24, 2.45) is 10.9 Å². The molecule has 2 atom stereocenters. The van der Waals surface area contributed by atoms with Crippen molar-refractivity contribution in [2.45, 2.75) is 38.1 Å². The predicted molar refractivity (Wildman–Crippen MR) is 121 cm³/mol. The van der Waals surface area contributed by atoms with Gasteiger partial charge in [-0.15, -0.1) is 11.3 Å². The molecular formula is C23H22ClF2N3O2S. The zero-order chi connectivity index (χ0) is 22.7. The van der Waals surface area contributed by atoms with E-state index in [0.717, 1.165) is 38.2 Å². The van der Waals surface area contributed by atoms with E-state index in [4.69, 9.17) is 16.3 Å². The molecule has 32 heavy (non-hydrogen) atoms. The van der Waals surface area contributed by atoms with Crippen LogP contribution in [0, 0.1) is 17.6 Å². The summed E-state index contributed by atoms with van der Waals surface area (Å²) in [5.41, 5.74) is 1.14. The molecule has 0 amide bonds. The number of hydrogen-bond acceptors (Lipinski definition) is 6. The number of carbonyl (C=O) groups excluding carboxylic acids is 1. The van der Waals surface area contributed by atoms with Crippen molar-refractivity contribution in [3.05, 3.63) is 74.4 Å². The SMILES string of the molecule is COC(=O)C1=C([C@@H]2CCC=CCCC2)NC(c2nccs2)=NC1c1ccc(F)c(F)c1Cl. The molecule has 0 saturated carbocycles. The van der Waals surface area contributed by atoms with Gasteiger partial charge in [-0.1, -0.05) is 29.8 Å². The van der Waals surface area contributed by atoms with Crippen LogP contribution in [0.25, 0.3) is 0 Å². The van der Waals surface area contributed by atoms with Gasteiger partial charge < -0.3 is 10.1 Å². The van der Waals surface area contributed by atoms with Crippen LogP contribution < -0.4 is 5.32 Å². The average molecular weight is 478 g/mol. The number of methoxy groups -OCH3 is 1. The highest BCUT2D eigenvalue weighted by Gasteiger charge is 2.37. The molecule has 1 aromatic heterocycles. The molecule has 2 aliphatic rings. The summed E-state index contributed by atoms with van der Waals surface area (Å²) >= 11 is 7.58. The van der Waals surface area contributed by atoms with E-state index in [1.165, 1.54) is 24.5 Å². The topological polar surface area (TPSA) is 63.6 Å². The molecule has 0 saturated heterocycles. The summed E-state index contributed by atoms with van der Waals surface area (Å²) in [4.78, 5) is 22.0. The first kappa shape index (κ1) is 22.6. The maximum absolute atomic E-state index is 14.4. The standard InChI is InChI=1S/C23H22ClF2N3O2S/c1-31-23(30)16-19(13-7-5-3-2-4-6-8-13)28-21(22-27-11-12-32-22)29-20(16)14-9-10-15(25)18(26)17(14)24/h2-3,9-13,20H,4-8H2,1H3,(H,28,29)/t13-,20?/m1/s1. The molecule has 0 radical (unpaired) electrons. The molecule has 1 aromatic carbocycles. The molecule has 1 unspecified atom stereocenters. The van der Waals surface area contributed by atoms with Crippen LogP contribution >= 0.6 is 22.9 Å². The predicted octanol–water partition coefficient (Wildman–Crippen LogP) is 5.73. The number of benzene rings is 1. The number of ether oxygens (including phenoxy) is 1. The van der Waals surface area contributed by atoms with Gasteiger partial charge in [-0.25, -0.2) is 18.6 Å². The minimum atomic E-state index is -1.17. The number of aromatic nitrogens is 1. The van der Waals surface area contributed by atoms with Gasteiger partial charge in [0, 0.05) is 22.8 Å². The third kappa shape index (κ3) is 4.47. The number of thiazole rings is 1. The Labute approximate surface area is 193 Å². The first-order valence-corrected chi connectivity index (χ1v) is 11.6. The average Bonchev–Trinajstić information content (AvgIpc) is 3.31. The second kappa shape index (κ2) is 9.92. The zero-order valence-electron chi connectivity index (χ0n) is 17.4. The van der Waals surface area contributed by atoms with Crippen LogP contribution in [-0.2, 0) is 9.53 Å². The van der Waals surface area contributed by atoms with Crippen molar-refractivity contribution in [1.29, 1.82) is 0 Å². The molecule has 1 aliphatic heterocycles. The highest BCUT2D eigenvalue weighted by molar-refractivity contribution is 7.11. The molecular weight excluding hydrogens is 456 g/mol. The van der Waals surface area contributed by atoms with E-state index in [1.54, 1.807) is 6.20 Å². The minimum Gasteiger partial charge on any atom is -0.466 e. The van der Waals surface area contributed by atoms with Crippen molar-refractivity contribution in [3.8, 4) is 0 Å². The summed E-state index contributed by atoms with van der Waals surface area (Å²) in [6, 6.07) is 1.40. The normalized spacial score (nSPS) is 21.4. The van der Waals surface area contributed by atoms with Crippen molar-refractivity contribution in [2.75, 3.05) is 7.11 Å². The molecule has 1 N–H and O–H groups in total. The summed E-state index contributed by atoms with van der Waals surface area (Å²) in [5.74, 6) is -2.32. The number of halogens is 3. The molecule has 168 valence electrons. The van der Waals surface area contributed by atoms with Gasteiger partial charge in [-0.2, -0.15) is 0 Å². The quantitative estimate of drug-likeness (QED) is 0.347. The van der Waals surface area contributed by atoms with Crippen LogP contribution in [-0.4, -0.2) is 23.9 Å². The number of rotatable bonds is 4. The number of allylic oxidation sites excluding steroid dienone is 3. The number of amidine groups is 1. The molecule has 4 rings (SSSR count). The van der Waals surface area contributed by atoms with E-state index in [2.05, 4.69) is 27.4 Å². The molecule has 1 aliphatic carbocycles. The van der Waals surface area contributed by atoms with Crippen LogP contribution in [0.4, 0.5) is 8.78 Å². The number of nitrogens with one attached hydrogen (secondary N) is 1. The van der Waals surface area contributed by atoms with E-state index < -0.39 is 28.7 Å². The second-order valence-corrected chi connectivity index (χ2v) is 8.88.